The lowest BCUT2D eigenvalue weighted by atomic mass is 9.95. The Labute approximate surface area is 98.7 Å². The zero-order chi connectivity index (χ0) is 11.3. The molecule has 88 valence electrons. The summed E-state index contributed by atoms with van der Waals surface area (Å²) in [7, 11) is 0. The standard InChI is InChI=1S/C12H23ClN2/c1-4-11(3)12-8-14-5-6-15(12)9-10(2)7-13/h7,11-12,14H,4-6,8-9H2,1-3H3. The Balaban J connectivity index is 2.57. The summed E-state index contributed by atoms with van der Waals surface area (Å²) in [6, 6.07) is 0.662. The van der Waals surface area contributed by atoms with Gasteiger partial charge in [-0.15, -0.1) is 0 Å². The van der Waals surface area contributed by atoms with E-state index in [2.05, 4.69) is 31.0 Å². The van der Waals surface area contributed by atoms with Crippen LogP contribution in [0.4, 0.5) is 0 Å². The zero-order valence-corrected chi connectivity index (χ0v) is 10.8. The van der Waals surface area contributed by atoms with Gasteiger partial charge in [0.15, 0.2) is 0 Å². The molecule has 0 aromatic carbocycles. The molecule has 0 aliphatic carbocycles. The van der Waals surface area contributed by atoms with E-state index in [4.69, 9.17) is 11.6 Å². The van der Waals surface area contributed by atoms with Gasteiger partial charge in [0.1, 0.15) is 0 Å². The zero-order valence-electron chi connectivity index (χ0n) is 10.1. The second-order valence-corrected chi connectivity index (χ2v) is 4.80. The third kappa shape index (κ3) is 3.78. The second kappa shape index (κ2) is 6.51. The van der Waals surface area contributed by atoms with Crippen LogP contribution in [0.1, 0.15) is 27.2 Å². The van der Waals surface area contributed by atoms with Crippen molar-refractivity contribution in [2.45, 2.75) is 33.2 Å². The van der Waals surface area contributed by atoms with E-state index in [9.17, 15) is 0 Å². The Bertz CT molecular complexity index is 216. The smallest absolute Gasteiger partial charge is 0.0250 e. The summed E-state index contributed by atoms with van der Waals surface area (Å²) >= 11 is 5.73. The van der Waals surface area contributed by atoms with Crippen molar-refractivity contribution in [3.05, 3.63) is 11.1 Å². The average Bonchev–Trinajstić information content (AvgIpc) is 2.28. The van der Waals surface area contributed by atoms with Crippen molar-refractivity contribution in [2.24, 2.45) is 5.92 Å². The van der Waals surface area contributed by atoms with Gasteiger partial charge >= 0.3 is 0 Å². The van der Waals surface area contributed by atoms with Crippen molar-refractivity contribution in [3.63, 3.8) is 0 Å². The first-order valence-electron chi connectivity index (χ1n) is 5.89. The summed E-state index contributed by atoms with van der Waals surface area (Å²) in [5, 5.41) is 3.48. The summed E-state index contributed by atoms with van der Waals surface area (Å²) in [6.07, 6.45) is 1.24. The number of nitrogens with zero attached hydrogens (tertiary/aromatic N) is 1. The van der Waals surface area contributed by atoms with Crippen LogP contribution in [0.2, 0.25) is 0 Å². The van der Waals surface area contributed by atoms with Crippen molar-refractivity contribution < 1.29 is 0 Å². The van der Waals surface area contributed by atoms with Gasteiger partial charge in [-0.2, -0.15) is 0 Å². The van der Waals surface area contributed by atoms with Gasteiger partial charge in [-0.3, -0.25) is 4.90 Å². The molecular weight excluding hydrogens is 208 g/mol. The fraction of sp³-hybridized carbons (Fsp3) is 0.833. The van der Waals surface area contributed by atoms with E-state index in [0.717, 1.165) is 32.1 Å². The van der Waals surface area contributed by atoms with E-state index >= 15 is 0 Å². The Morgan fingerprint density at radius 2 is 2.40 bits per heavy atom. The van der Waals surface area contributed by atoms with Gasteiger partial charge in [-0.1, -0.05) is 31.9 Å². The minimum atomic E-state index is 0.662. The van der Waals surface area contributed by atoms with Crippen molar-refractivity contribution in [2.75, 3.05) is 26.2 Å². The lowest BCUT2D eigenvalue weighted by Gasteiger charge is -2.39. The number of hydrogen-bond donors (Lipinski definition) is 1. The lowest BCUT2D eigenvalue weighted by molar-refractivity contribution is 0.127. The van der Waals surface area contributed by atoms with E-state index in [1.165, 1.54) is 12.0 Å². The van der Waals surface area contributed by atoms with Crippen LogP contribution in [0.5, 0.6) is 0 Å². The van der Waals surface area contributed by atoms with E-state index in [1.807, 2.05) is 0 Å². The molecule has 0 aromatic heterocycles. The molecule has 2 atom stereocenters. The Morgan fingerprint density at radius 3 is 3.00 bits per heavy atom. The van der Waals surface area contributed by atoms with Crippen LogP contribution < -0.4 is 5.32 Å². The molecule has 1 aliphatic rings. The van der Waals surface area contributed by atoms with Crippen molar-refractivity contribution in [1.82, 2.24) is 10.2 Å². The van der Waals surface area contributed by atoms with Gasteiger partial charge in [0, 0.05) is 37.8 Å². The van der Waals surface area contributed by atoms with Gasteiger partial charge in [0.05, 0.1) is 0 Å². The highest BCUT2D eigenvalue weighted by Crippen LogP contribution is 2.17. The summed E-state index contributed by atoms with van der Waals surface area (Å²) in [4.78, 5) is 2.55. The molecule has 2 nitrogen and oxygen atoms in total. The average molecular weight is 231 g/mol. The molecule has 1 N–H and O–H groups in total. The van der Waals surface area contributed by atoms with E-state index in [1.54, 1.807) is 5.54 Å². The van der Waals surface area contributed by atoms with Crippen LogP contribution in [0.25, 0.3) is 0 Å². The first kappa shape index (κ1) is 13.0. The van der Waals surface area contributed by atoms with Crippen LogP contribution >= 0.6 is 11.6 Å². The quantitative estimate of drug-likeness (QED) is 0.798. The molecule has 1 aliphatic heterocycles. The fourth-order valence-corrected chi connectivity index (χ4v) is 2.22. The monoisotopic (exact) mass is 230 g/mol. The van der Waals surface area contributed by atoms with Gasteiger partial charge in [-0.25, -0.2) is 0 Å². The molecule has 0 saturated carbocycles. The van der Waals surface area contributed by atoms with Crippen LogP contribution in [-0.2, 0) is 0 Å². The van der Waals surface area contributed by atoms with Crippen molar-refractivity contribution in [3.8, 4) is 0 Å². The summed E-state index contributed by atoms with van der Waals surface area (Å²) in [5.41, 5.74) is 2.96. The molecule has 0 aromatic rings. The van der Waals surface area contributed by atoms with Crippen LogP contribution in [0, 0.1) is 5.92 Å². The number of hydrogen-bond acceptors (Lipinski definition) is 2. The molecule has 3 heteroatoms. The maximum atomic E-state index is 5.73. The molecule has 1 saturated heterocycles. The highest BCUT2D eigenvalue weighted by Gasteiger charge is 2.25. The molecule has 1 heterocycles. The third-order valence-electron chi connectivity index (χ3n) is 3.34. The maximum absolute atomic E-state index is 5.73. The topological polar surface area (TPSA) is 15.3 Å². The molecule has 0 radical (unpaired) electrons. The van der Waals surface area contributed by atoms with Crippen LogP contribution in [0.3, 0.4) is 0 Å². The van der Waals surface area contributed by atoms with Gasteiger partial charge in [0.25, 0.3) is 0 Å². The highest BCUT2D eigenvalue weighted by molar-refractivity contribution is 6.25. The Morgan fingerprint density at radius 1 is 1.67 bits per heavy atom. The number of halogens is 1. The van der Waals surface area contributed by atoms with Crippen LogP contribution in [0.15, 0.2) is 11.1 Å². The molecule has 2 unspecified atom stereocenters. The Kier molecular flexibility index (Phi) is 5.65. The molecule has 15 heavy (non-hydrogen) atoms. The van der Waals surface area contributed by atoms with E-state index in [0.29, 0.717) is 6.04 Å². The first-order valence-corrected chi connectivity index (χ1v) is 6.33. The number of nitrogens with one attached hydrogen (secondary N) is 1. The summed E-state index contributed by atoms with van der Waals surface area (Å²) in [6.45, 7) is 11.1. The molecule has 1 fully saturated rings. The van der Waals surface area contributed by atoms with Gasteiger partial charge < -0.3 is 5.32 Å². The normalized spacial score (nSPS) is 26.7. The number of piperazine rings is 1. The third-order valence-corrected chi connectivity index (χ3v) is 3.71. The minimum absolute atomic E-state index is 0.662. The molecule has 0 spiro atoms. The van der Waals surface area contributed by atoms with Crippen LogP contribution in [-0.4, -0.2) is 37.1 Å². The van der Waals surface area contributed by atoms with Gasteiger partial charge in [0.2, 0.25) is 0 Å². The highest BCUT2D eigenvalue weighted by atomic mass is 35.5. The molecule has 0 amide bonds. The van der Waals surface area contributed by atoms with E-state index < -0.39 is 0 Å². The van der Waals surface area contributed by atoms with Gasteiger partial charge in [-0.05, 0) is 18.4 Å². The largest absolute Gasteiger partial charge is 0.314 e. The lowest BCUT2D eigenvalue weighted by Crippen LogP contribution is -2.54. The van der Waals surface area contributed by atoms with Crippen molar-refractivity contribution in [1.29, 1.82) is 0 Å². The number of rotatable bonds is 4. The SMILES string of the molecule is CCC(C)C1CNCCN1CC(C)=CCl. The first-order chi connectivity index (χ1) is 7.19. The summed E-state index contributed by atoms with van der Waals surface area (Å²) in [5.74, 6) is 0.751. The fourth-order valence-electron chi connectivity index (χ4n) is 2.15. The van der Waals surface area contributed by atoms with E-state index in [-0.39, 0.29) is 0 Å². The molecule has 0 bridgehead atoms. The summed E-state index contributed by atoms with van der Waals surface area (Å²) < 4.78 is 0. The molecular formula is C12H23ClN2. The van der Waals surface area contributed by atoms with Crippen molar-refractivity contribution >= 4 is 11.6 Å². The Hall–Kier alpha value is -0.0500. The predicted molar refractivity (Wildman–Crippen MR) is 67.3 cm³/mol. The minimum Gasteiger partial charge on any atom is -0.314 e. The molecule has 1 rings (SSSR count). The maximum Gasteiger partial charge on any atom is 0.0250 e. The predicted octanol–water partition coefficient (Wildman–Crippen LogP) is 2.45. The second-order valence-electron chi connectivity index (χ2n) is 4.58.